The molecule has 1 heterocycles. The SMILES string of the molecule is NC(=O)Oc1nc2ccccc2n1Cc1cccc(N)c1. The molecule has 0 saturated heterocycles. The first-order valence-corrected chi connectivity index (χ1v) is 6.40. The number of aromatic nitrogens is 2. The van der Waals surface area contributed by atoms with Crippen molar-refractivity contribution in [2.24, 2.45) is 5.73 Å². The van der Waals surface area contributed by atoms with Gasteiger partial charge in [-0.3, -0.25) is 4.57 Å². The first kappa shape index (κ1) is 13.0. The second-order valence-electron chi connectivity index (χ2n) is 4.64. The lowest BCUT2D eigenvalue weighted by molar-refractivity contribution is 0.205. The monoisotopic (exact) mass is 282 g/mol. The normalized spacial score (nSPS) is 10.7. The van der Waals surface area contributed by atoms with Gasteiger partial charge in [0.15, 0.2) is 0 Å². The van der Waals surface area contributed by atoms with Crippen LogP contribution < -0.4 is 16.2 Å². The highest BCUT2D eigenvalue weighted by Gasteiger charge is 2.14. The summed E-state index contributed by atoms with van der Waals surface area (Å²) in [5, 5.41) is 0. The van der Waals surface area contributed by atoms with E-state index in [1.165, 1.54) is 0 Å². The number of ether oxygens (including phenoxy) is 1. The van der Waals surface area contributed by atoms with Gasteiger partial charge in [0.2, 0.25) is 0 Å². The average molecular weight is 282 g/mol. The van der Waals surface area contributed by atoms with Crippen LogP contribution >= 0.6 is 0 Å². The quantitative estimate of drug-likeness (QED) is 0.719. The molecule has 106 valence electrons. The number of amides is 1. The van der Waals surface area contributed by atoms with Crippen molar-refractivity contribution in [3.8, 4) is 6.01 Å². The second-order valence-corrected chi connectivity index (χ2v) is 4.64. The summed E-state index contributed by atoms with van der Waals surface area (Å²) in [5.41, 5.74) is 14.1. The smallest absolute Gasteiger partial charge is 0.399 e. The predicted octanol–water partition coefficient (Wildman–Crippen LogP) is 2.12. The number of nitrogen functional groups attached to an aromatic ring is 1. The van der Waals surface area contributed by atoms with Gasteiger partial charge in [0.05, 0.1) is 17.6 Å². The van der Waals surface area contributed by atoms with Crippen LogP contribution in [0.5, 0.6) is 6.01 Å². The van der Waals surface area contributed by atoms with E-state index in [1.807, 2.05) is 48.5 Å². The molecule has 0 unspecified atom stereocenters. The van der Waals surface area contributed by atoms with Gasteiger partial charge in [0, 0.05) is 5.69 Å². The Morgan fingerprint density at radius 1 is 1.19 bits per heavy atom. The van der Waals surface area contributed by atoms with Crippen molar-refractivity contribution in [3.05, 3.63) is 54.1 Å². The molecule has 0 fully saturated rings. The second kappa shape index (κ2) is 5.16. The van der Waals surface area contributed by atoms with Gasteiger partial charge in [0.25, 0.3) is 0 Å². The van der Waals surface area contributed by atoms with Crippen LogP contribution in [-0.4, -0.2) is 15.6 Å². The van der Waals surface area contributed by atoms with Crippen molar-refractivity contribution in [2.45, 2.75) is 6.54 Å². The van der Waals surface area contributed by atoms with E-state index in [9.17, 15) is 4.79 Å². The molecule has 0 spiro atoms. The summed E-state index contributed by atoms with van der Waals surface area (Å²) in [4.78, 5) is 15.3. The number of primary amides is 1. The van der Waals surface area contributed by atoms with Gasteiger partial charge < -0.3 is 16.2 Å². The third-order valence-corrected chi connectivity index (χ3v) is 3.10. The highest BCUT2D eigenvalue weighted by Crippen LogP contribution is 2.23. The minimum atomic E-state index is -0.890. The minimum Gasteiger partial charge on any atom is -0.399 e. The Bertz CT molecular complexity index is 810. The maximum absolute atomic E-state index is 11.0. The molecule has 0 aliphatic carbocycles. The third-order valence-electron chi connectivity index (χ3n) is 3.10. The minimum absolute atomic E-state index is 0.172. The van der Waals surface area contributed by atoms with E-state index in [1.54, 1.807) is 4.57 Å². The molecular formula is C15H14N4O2. The molecule has 1 amide bonds. The van der Waals surface area contributed by atoms with Gasteiger partial charge in [0.1, 0.15) is 0 Å². The number of nitrogens with zero attached hydrogens (tertiary/aromatic N) is 2. The standard InChI is InChI=1S/C15H14N4O2/c16-11-5-3-4-10(8-11)9-19-13-7-2-1-6-12(13)18-15(19)21-14(17)20/h1-8H,9,16H2,(H2,17,20). The van der Waals surface area contributed by atoms with E-state index in [0.717, 1.165) is 16.6 Å². The number of hydrogen-bond donors (Lipinski definition) is 2. The summed E-state index contributed by atoms with van der Waals surface area (Å²) in [6, 6.07) is 15.2. The zero-order valence-electron chi connectivity index (χ0n) is 11.2. The van der Waals surface area contributed by atoms with Crippen LogP contribution in [0.2, 0.25) is 0 Å². The Labute approximate surface area is 120 Å². The highest BCUT2D eigenvalue weighted by atomic mass is 16.6. The highest BCUT2D eigenvalue weighted by molar-refractivity contribution is 5.78. The van der Waals surface area contributed by atoms with E-state index in [4.69, 9.17) is 16.2 Å². The van der Waals surface area contributed by atoms with E-state index < -0.39 is 6.09 Å². The molecule has 21 heavy (non-hydrogen) atoms. The average Bonchev–Trinajstić information content (AvgIpc) is 2.76. The molecule has 0 saturated carbocycles. The lowest BCUT2D eigenvalue weighted by atomic mass is 10.2. The molecule has 0 aliphatic rings. The van der Waals surface area contributed by atoms with Crippen LogP contribution in [0.1, 0.15) is 5.56 Å². The molecule has 0 bridgehead atoms. The first-order valence-electron chi connectivity index (χ1n) is 6.40. The number of anilines is 1. The van der Waals surface area contributed by atoms with Gasteiger partial charge in [-0.1, -0.05) is 24.3 Å². The summed E-state index contributed by atoms with van der Waals surface area (Å²) < 4.78 is 6.78. The molecule has 0 atom stereocenters. The van der Waals surface area contributed by atoms with Crippen LogP contribution in [0.15, 0.2) is 48.5 Å². The van der Waals surface area contributed by atoms with Crippen LogP contribution in [0, 0.1) is 0 Å². The lowest BCUT2D eigenvalue weighted by Gasteiger charge is -2.08. The van der Waals surface area contributed by atoms with Crippen molar-refractivity contribution >= 4 is 22.8 Å². The maximum atomic E-state index is 11.0. The summed E-state index contributed by atoms with van der Waals surface area (Å²) >= 11 is 0. The van der Waals surface area contributed by atoms with E-state index in [0.29, 0.717) is 12.2 Å². The molecule has 0 radical (unpaired) electrons. The van der Waals surface area contributed by atoms with Crippen molar-refractivity contribution in [1.29, 1.82) is 0 Å². The largest absolute Gasteiger partial charge is 0.412 e. The van der Waals surface area contributed by atoms with Gasteiger partial charge in [-0.05, 0) is 29.8 Å². The van der Waals surface area contributed by atoms with Crippen LogP contribution in [0.3, 0.4) is 0 Å². The predicted molar refractivity (Wildman–Crippen MR) is 79.9 cm³/mol. The number of imidazole rings is 1. The molecule has 6 nitrogen and oxygen atoms in total. The molecule has 4 N–H and O–H groups in total. The van der Waals surface area contributed by atoms with E-state index >= 15 is 0 Å². The fraction of sp³-hybridized carbons (Fsp3) is 0.0667. The molecule has 3 aromatic rings. The Kier molecular flexibility index (Phi) is 3.19. The Morgan fingerprint density at radius 2 is 2.00 bits per heavy atom. The fourth-order valence-corrected chi connectivity index (χ4v) is 2.25. The summed E-state index contributed by atoms with van der Waals surface area (Å²) in [7, 11) is 0. The third kappa shape index (κ3) is 2.64. The number of hydrogen-bond acceptors (Lipinski definition) is 4. The van der Waals surface area contributed by atoms with Crippen LogP contribution in [0.25, 0.3) is 11.0 Å². The number of benzene rings is 2. The molecule has 0 aliphatic heterocycles. The zero-order valence-corrected chi connectivity index (χ0v) is 11.2. The van der Waals surface area contributed by atoms with E-state index in [-0.39, 0.29) is 6.01 Å². The van der Waals surface area contributed by atoms with Gasteiger partial charge in [-0.25, -0.2) is 4.79 Å². The number of para-hydroxylation sites is 2. The maximum Gasteiger partial charge on any atom is 0.412 e. The number of fused-ring (bicyclic) bond motifs is 1. The lowest BCUT2D eigenvalue weighted by Crippen LogP contribution is -2.19. The molecule has 1 aromatic heterocycles. The number of carbonyl (C=O) groups excluding carboxylic acids is 1. The van der Waals surface area contributed by atoms with Crippen molar-refractivity contribution in [2.75, 3.05) is 5.73 Å². The summed E-state index contributed by atoms with van der Waals surface area (Å²) in [5.74, 6) is 0. The van der Waals surface area contributed by atoms with Gasteiger partial charge >= 0.3 is 12.1 Å². The number of carbonyl (C=O) groups is 1. The van der Waals surface area contributed by atoms with Crippen molar-refractivity contribution in [3.63, 3.8) is 0 Å². The molecule has 2 aromatic carbocycles. The van der Waals surface area contributed by atoms with Crippen molar-refractivity contribution in [1.82, 2.24) is 9.55 Å². The Hall–Kier alpha value is -3.02. The van der Waals surface area contributed by atoms with Crippen molar-refractivity contribution < 1.29 is 9.53 Å². The Balaban J connectivity index is 2.08. The fourth-order valence-electron chi connectivity index (χ4n) is 2.25. The summed E-state index contributed by atoms with van der Waals surface area (Å²) in [6.45, 7) is 0.480. The van der Waals surface area contributed by atoms with E-state index in [2.05, 4.69) is 4.98 Å². The van der Waals surface area contributed by atoms with Crippen LogP contribution in [-0.2, 0) is 6.54 Å². The first-order chi connectivity index (χ1) is 10.1. The molecular weight excluding hydrogens is 268 g/mol. The number of rotatable bonds is 3. The van der Waals surface area contributed by atoms with Gasteiger partial charge in [-0.2, -0.15) is 4.98 Å². The Morgan fingerprint density at radius 3 is 2.76 bits per heavy atom. The molecule has 6 heteroatoms. The van der Waals surface area contributed by atoms with Crippen LogP contribution in [0.4, 0.5) is 10.5 Å². The van der Waals surface area contributed by atoms with Gasteiger partial charge in [-0.15, -0.1) is 0 Å². The summed E-state index contributed by atoms with van der Waals surface area (Å²) in [6.07, 6.45) is -0.890. The molecule has 3 rings (SSSR count). The topological polar surface area (TPSA) is 96.2 Å². The zero-order chi connectivity index (χ0) is 14.8. The number of nitrogens with two attached hydrogens (primary N) is 2.